The molecule has 0 aliphatic heterocycles. The summed E-state index contributed by atoms with van der Waals surface area (Å²) >= 11 is 3.35. The average Bonchev–Trinajstić information content (AvgIpc) is 0.773. The molecule has 6 aromatic carbocycles. The molecule has 0 spiro atoms. The average molecular weight is 1360 g/mol. The normalized spacial score (nSPS) is 12.1. The number of alkyl halides is 1. The molecule has 6 aromatic rings. The van der Waals surface area contributed by atoms with Gasteiger partial charge in [0.15, 0.2) is 0 Å². The number of aliphatic hydroxyl groups is 1. The highest BCUT2D eigenvalue weighted by Crippen LogP contribution is 2.42. The summed E-state index contributed by atoms with van der Waals surface area (Å²) in [5.74, 6) is 0. The van der Waals surface area contributed by atoms with Crippen molar-refractivity contribution in [2.75, 3.05) is 38.4 Å². The fraction of sp³-hybridized carbons (Fsp3) is 0.551. The van der Waals surface area contributed by atoms with E-state index in [0.717, 1.165) is 90.3 Å². The Hall–Kier alpha value is -4.92. The number of hydrogen-bond donors (Lipinski definition) is 1. The van der Waals surface area contributed by atoms with E-state index < -0.39 is 17.3 Å². The van der Waals surface area contributed by atoms with Gasteiger partial charge < -0.3 is 24.1 Å². The summed E-state index contributed by atoms with van der Waals surface area (Å²) in [6.07, 6.45) is 51.7. The number of allylic oxidation sites excluding steroid dienone is 2. The van der Waals surface area contributed by atoms with E-state index in [1.807, 2.05) is 30.4 Å². The molecule has 6 heteroatoms. The SMILES string of the molecule is C=CCCCCBr.C=CCCCCOC(COCCCCCCCCCCCCCCCC)COC(c1ccccc1)(c1ccccc1)c1ccccc1.CCCCCCCCCCCCCCCCCCC(O)COC(c1ccccc1)(c1ccccc1)c1ccccc1. The fourth-order valence-corrected chi connectivity index (χ4v) is 13.2. The highest BCUT2D eigenvalue weighted by Gasteiger charge is 2.39. The molecule has 2 atom stereocenters. The van der Waals surface area contributed by atoms with E-state index in [9.17, 15) is 5.11 Å². The molecule has 2 unspecified atom stereocenters. The molecule has 0 heterocycles. The third-order valence-electron chi connectivity index (χ3n) is 18.3. The highest BCUT2D eigenvalue weighted by molar-refractivity contribution is 9.09. The number of unbranched alkanes of at least 4 members (excludes halogenated alkanes) is 32. The van der Waals surface area contributed by atoms with Crippen molar-refractivity contribution in [1.82, 2.24) is 0 Å². The zero-order valence-corrected chi connectivity index (χ0v) is 61.5. The lowest BCUT2D eigenvalue weighted by atomic mass is 9.80. The van der Waals surface area contributed by atoms with Crippen molar-refractivity contribution in [2.45, 2.75) is 275 Å². The van der Waals surface area contributed by atoms with Crippen molar-refractivity contribution < 1.29 is 24.1 Å². The molecule has 0 radical (unpaired) electrons. The number of rotatable bonds is 56. The van der Waals surface area contributed by atoms with Crippen LogP contribution < -0.4 is 0 Å². The summed E-state index contributed by atoms with van der Waals surface area (Å²) in [5.41, 5.74) is 5.01. The van der Waals surface area contributed by atoms with Gasteiger partial charge in [0.25, 0.3) is 0 Å². The largest absolute Gasteiger partial charge is 0.391 e. The first kappa shape index (κ1) is 82.5. The predicted molar refractivity (Wildman–Crippen MR) is 413 cm³/mol. The lowest BCUT2D eigenvalue weighted by molar-refractivity contribution is -0.0922. The number of ether oxygens (including phenoxy) is 4. The summed E-state index contributed by atoms with van der Waals surface area (Å²) in [6, 6.07) is 62.9. The zero-order chi connectivity index (χ0) is 67.5. The first-order valence-electron chi connectivity index (χ1n) is 38.3. The van der Waals surface area contributed by atoms with Gasteiger partial charge in [-0.2, -0.15) is 0 Å². The molecule has 95 heavy (non-hydrogen) atoms. The van der Waals surface area contributed by atoms with E-state index in [2.05, 4.69) is 207 Å². The summed E-state index contributed by atoms with van der Waals surface area (Å²) in [6.45, 7) is 14.8. The van der Waals surface area contributed by atoms with Crippen LogP contribution in [0.3, 0.4) is 0 Å². The Morgan fingerprint density at radius 1 is 0.337 bits per heavy atom. The van der Waals surface area contributed by atoms with Gasteiger partial charge in [-0.25, -0.2) is 0 Å². The van der Waals surface area contributed by atoms with Crippen LogP contribution in [0, 0.1) is 0 Å². The molecule has 6 rings (SSSR count). The topological polar surface area (TPSA) is 57.2 Å². The number of benzene rings is 6. The molecule has 0 aliphatic carbocycles. The van der Waals surface area contributed by atoms with Gasteiger partial charge in [-0.05, 0) is 84.7 Å². The van der Waals surface area contributed by atoms with Crippen LogP contribution in [0.4, 0.5) is 0 Å². The highest BCUT2D eigenvalue weighted by atomic mass is 79.9. The molecule has 0 bridgehead atoms. The Kier molecular flexibility index (Phi) is 49.5. The lowest BCUT2D eigenvalue weighted by Crippen LogP contribution is -2.37. The van der Waals surface area contributed by atoms with Gasteiger partial charge in [0, 0.05) is 18.5 Å². The molecule has 0 saturated carbocycles. The van der Waals surface area contributed by atoms with Crippen LogP contribution in [0.15, 0.2) is 207 Å². The summed E-state index contributed by atoms with van der Waals surface area (Å²) < 4.78 is 26.5. The molecule has 0 amide bonds. The molecular formula is C89H131BrO5. The van der Waals surface area contributed by atoms with Crippen molar-refractivity contribution in [3.05, 3.63) is 241 Å². The maximum absolute atomic E-state index is 10.9. The second kappa shape index (κ2) is 57.0. The van der Waals surface area contributed by atoms with Gasteiger partial charge in [0.2, 0.25) is 0 Å². The Morgan fingerprint density at radius 2 is 0.611 bits per heavy atom. The van der Waals surface area contributed by atoms with Crippen LogP contribution in [0.5, 0.6) is 0 Å². The lowest BCUT2D eigenvalue weighted by Gasteiger charge is -2.37. The molecule has 0 fully saturated rings. The van der Waals surface area contributed by atoms with Crippen molar-refractivity contribution >= 4 is 15.9 Å². The van der Waals surface area contributed by atoms with E-state index in [-0.39, 0.29) is 6.10 Å². The number of hydrogen-bond acceptors (Lipinski definition) is 5. The first-order valence-corrected chi connectivity index (χ1v) is 39.4. The van der Waals surface area contributed by atoms with E-state index in [1.165, 1.54) is 193 Å². The molecule has 1 N–H and O–H groups in total. The minimum Gasteiger partial charge on any atom is -0.391 e. The Labute approximate surface area is 590 Å². The minimum absolute atomic E-state index is 0.152. The smallest absolute Gasteiger partial charge is 0.143 e. The van der Waals surface area contributed by atoms with Crippen molar-refractivity contribution in [3.8, 4) is 0 Å². The summed E-state index contributed by atoms with van der Waals surface area (Å²) in [5, 5.41) is 12.1. The molecule has 0 aromatic heterocycles. The van der Waals surface area contributed by atoms with Crippen LogP contribution in [-0.4, -0.2) is 55.7 Å². The summed E-state index contributed by atoms with van der Waals surface area (Å²) in [7, 11) is 0. The van der Waals surface area contributed by atoms with Crippen LogP contribution in [0.25, 0.3) is 0 Å². The first-order chi connectivity index (χ1) is 47.0. The molecule has 0 saturated heterocycles. The van der Waals surface area contributed by atoms with E-state index in [0.29, 0.717) is 26.4 Å². The van der Waals surface area contributed by atoms with Gasteiger partial charge in [0.05, 0.1) is 25.9 Å². The predicted octanol–water partition coefficient (Wildman–Crippen LogP) is 26.0. The second-order valence-corrected chi connectivity index (χ2v) is 27.1. The van der Waals surface area contributed by atoms with Crippen molar-refractivity contribution in [3.63, 3.8) is 0 Å². The third-order valence-corrected chi connectivity index (χ3v) is 18.9. The Balaban J connectivity index is 0.000000370. The maximum atomic E-state index is 10.9. The van der Waals surface area contributed by atoms with Crippen molar-refractivity contribution in [1.29, 1.82) is 0 Å². The quantitative estimate of drug-likeness (QED) is 0.0178. The number of halogens is 1. The molecular weight excluding hydrogens is 1230 g/mol. The molecule has 524 valence electrons. The minimum atomic E-state index is -0.764. The van der Waals surface area contributed by atoms with E-state index in [4.69, 9.17) is 18.9 Å². The van der Waals surface area contributed by atoms with E-state index in [1.54, 1.807) is 0 Å². The third kappa shape index (κ3) is 35.4. The van der Waals surface area contributed by atoms with Gasteiger partial charge in [-0.15, -0.1) is 13.2 Å². The van der Waals surface area contributed by atoms with Gasteiger partial charge in [-0.3, -0.25) is 0 Å². The monoisotopic (exact) mass is 1360 g/mol. The van der Waals surface area contributed by atoms with Crippen LogP contribution in [0.1, 0.15) is 285 Å². The zero-order valence-electron chi connectivity index (χ0n) is 59.9. The second-order valence-electron chi connectivity index (χ2n) is 26.3. The van der Waals surface area contributed by atoms with E-state index >= 15 is 0 Å². The van der Waals surface area contributed by atoms with Crippen LogP contribution in [-0.2, 0) is 30.1 Å². The summed E-state index contributed by atoms with van der Waals surface area (Å²) in [4.78, 5) is 0. The van der Waals surface area contributed by atoms with Gasteiger partial charge in [0.1, 0.15) is 17.3 Å². The van der Waals surface area contributed by atoms with Crippen molar-refractivity contribution in [2.24, 2.45) is 0 Å². The fourth-order valence-electron chi connectivity index (χ4n) is 12.8. The number of aliphatic hydroxyl groups excluding tert-OH is 1. The Morgan fingerprint density at radius 3 is 0.916 bits per heavy atom. The van der Waals surface area contributed by atoms with Gasteiger partial charge >= 0.3 is 0 Å². The molecule has 0 aliphatic rings. The van der Waals surface area contributed by atoms with Crippen LogP contribution in [0.2, 0.25) is 0 Å². The standard InChI is InChI=1S/C44H64O3.C39H56O2.C6H11Br/c1-3-5-7-9-10-11-12-13-14-15-16-17-18-28-36-45-38-43(46-37-29-8-6-4-2)39-47-44(40-30-22-19-23-31-40,41-32-24-20-25-33-41)42-34-26-21-27-35-42;1-2-3-4-5-6-7-8-9-10-11-12-13-14-15-16-26-33-38(40)34-41-39(35-27-20-17-21-28-35,36-29-22-18-23-30-36)37-31-24-19-25-32-37;1-2-3-4-5-6-7/h4,19-27,30-35,43H,2-3,5-18,28-29,36-39H2,1H3;17-25,27-32,38,40H,2-16,26,33-34H2,1H3;2H,1,3-6H2. The van der Waals surface area contributed by atoms with Gasteiger partial charge in [-0.1, -0.05) is 410 Å². The van der Waals surface area contributed by atoms with Crippen LogP contribution >= 0.6 is 15.9 Å². The Bertz CT molecular complexity index is 2420. The molecule has 5 nitrogen and oxygen atoms in total. The maximum Gasteiger partial charge on any atom is 0.143 e.